The smallest absolute Gasteiger partial charge is 0.233 e. The molecule has 0 aliphatic rings. The van der Waals surface area contributed by atoms with E-state index in [2.05, 4.69) is 6.07 Å². The van der Waals surface area contributed by atoms with Crippen LogP contribution < -0.4 is 9.47 Å². The van der Waals surface area contributed by atoms with E-state index in [9.17, 15) is 4.79 Å². The molecule has 4 rings (SSSR count). The Bertz CT molecular complexity index is 1220. The van der Waals surface area contributed by atoms with Crippen LogP contribution in [0.25, 0.3) is 10.2 Å². The summed E-state index contributed by atoms with van der Waals surface area (Å²) in [5.74, 6) is 1.45. The van der Waals surface area contributed by atoms with Gasteiger partial charge in [-0.25, -0.2) is 4.98 Å². The van der Waals surface area contributed by atoms with Crippen LogP contribution in [0.15, 0.2) is 72.8 Å². The number of methoxy groups -OCH3 is 2. The Hall–Kier alpha value is -3.38. The number of hydrogen-bond acceptors (Lipinski definition) is 5. The van der Waals surface area contributed by atoms with Crippen molar-refractivity contribution in [3.63, 3.8) is 0 Å². The lowest BCUT2D eigenvalue weighted by atomic mass is 9.78. The molecule has 33 heavy (non-hydrogen) atoms. The molecule has 0 spiro atoms. The Morgan fingerprint density at radius 1 is 1.00 bits per heavy atom. The Morgan fingerprint density at radius 3 is 2.42 bits per heavy atom. The number of hydrogen-bond donors (Lipinski definition) is 0. The van der Waals surface area contributed by atoms with Crippen LogP contribution in [0.3, 0.4) is 0 Å². The second-order valence-electron chi connectivity index (χ2n) is 8.29. The largest absolute Gasteiger partial charge is 0.497 e. The summed E-state index contributed by atoms with van der Waals surface area (Å²) in [6.07, 6.45) is 0.527. The first-order chi connectivity index (χ1) is 15.9. The third-order valence-corrected chi connectivity index (χ3v) is 7.01. The second kappa shape index (κ2) is 9.63. The molecule has 5 nitrogen and oxygen atoms in total. The van der Waals surface area contributed by atoms with Crippen LogP contribution in [-0.2, 0) is 23.2 Å². The molecule has 0 radical (unpaired) electrons. The van der Waals surface area contributed by atoms with Gasteiger partial charge in [0.15, 0.2) is 0 Å². The van der Waals surface area contributed by atoms with Gasteiger partial charge in [-0.3, -0.25) is 4.79 Å². The maximum absolute atomic E-state index is 13.9. The highest BCUT2D eigenvalue weighted by molar-refractivity contribution is 7.18. The number of rotatable bonds is 8. The van der Waals surface area contributed by atoms with Crippen molar-refractivity contribution in [2.75, 3.05) is 21.3 Å². The molecular weight excluding hydrogens is 432 g/mol. The number of carbonyl (C=O) groups is 1. The first kappa shape index (κ1) is 22.8. The maximum atomic E-state index is 13.9. The Morgan fingerprint density at radius 2 is 1.73 bits per heavy atom. The summed E-state index contributed by atoms with van der Waals surface area (Å²) < 4.78 is 12.0. The standard InChI is InChI=1S/C27H28N2O3S/c1-27(20-10-6-5-7-11-20,17-25-28-22-12-8-9-13-24(22)33-25)26(30)29(2)18-19-14-15-21(31-3)16-23(19)32-4/h5-16H,17-18H2,1-4H3. The predicted molar refractivity (Wildman–Crippen MR) is 133 cm³/mol. The number of carbonyl (C=O) groups excluding carboxylic acids is 1. The zero-order valence-corrected chi connectivity index (χ0v) is 20.2. The Kier molecular flexibility index (Phi) is 6.65. The van der Waals surface area contributed by atoms with Gasteiger partial charge in [-0.1, -0.05) is 42.5 Å². The van der Waals surface area contributed by atoms with Crippen LogP contribution in [0.2, 0.25) is 0 Å². The third kappa shape index (κ3) is 4.71. The lowest BCUT2D eigenvalue weighted by Crippen LogP contribution is -2.44. The molecule has 0 N–H and O–H groups in total. The third-order valence-electron chi connectivity index (χ3n) is 5.97. The van der Waals surface area contributed by atoms with Crippen molar-refractivity contribution in [1.82, 2.24) is 9.88 Å². The first-order valence-electron chi connectivity index (χ1n) is 10.8. The monoisotopic (exact) mass is 460 g/mol. The molecule has 4 aromatic rings. The Labute approximate surface area is 198 Å². The average molecular weight is 461 g/mol. The molecule has 170 valence electrons. The first-order valence-corrected chi connectivity index (χ1v) is 11.6. The minimum absolute atomic E-state index is 0.0332. The molecule has 1 atom stereocenters. The number of para-hydroxylation sites is 1. The van der Waals surface area contributed by atoms with Crippen molar-refractivity contribution < 1.29 is 14.3 Å². The lowest BCUT2D eigenvalue weighted by Gasteiger charge is -2.33. The van der Waals surface area contributed by atoms with Crippen LogP contribution in [0, 0.1) is 0 Å². The predicted octanol–water partition coefficient (Wildman–Crippen LogP) is 5.47. The minimum atomic E-state index is -0.760. The van der Waals surface area contributed by atoms with Crippen LogP contribution in [0.1, 0.15) is 23.1 Å². The highest BCUT2D eigenvalue weighted by Gasteiger charge is 2.38. The molecule has 0 saturated carbocycles. The van der Waals surface area contributed by atoms with Crippen molar-refractivity contribution >= 4 is 27.5 Å². The Balaban J connectivity index is 1.66. The van der Waals surface area contributed by atoms with Crippen molar-refractivity contribution in [2.45, 2.75) is 25.3 Å². The van der Waals surface area contributed by atoms with Crippen LogP contribution >= 0.6 is 11.3 Å². The van der Waals surface area contributed by atoms with E-state index < -0.39 is 5.41 Å². The second-order valence-corrected chi connectivity index (χ2v) is 9.40. The summed E-state index contributed by atoms with van der Waals surface area (Å²) >= 11 is 1.65. The van der Waals surface area contributed by atoms with Gasteiger partial charge in [0.05, 0.1) is 34.9 Å². The van der Waals surface area contributed by atoms with E-state index in [4.69, 9.17) is 14.5 Å². The van der Waals surface area contributed by atoms with Crippen molar-refractivity contribution in [2.24, 2.45) is 0 Å². The molecule has 0 fully saturated rings. The fourth-order valence-corrected chi connectivity index (χ4v) is 5.26. The summed E-state index contributed by atoms with van der Waals surface area (Å²) in [5.41, 5.74) is 2.10. The lowest BCUT2D eigenvalue weighted by molar-refractivity contribution is -0.136. The number of ether oxygens (including phenoxy) is 2. The minimum Gasteiger partial charge on any atom is -0.497 e. The number of aromatic nitrogens is 1. The van der Waals surface area contributed by atoms with E-state index in [-0.39, 0.29) is 5.91 Å². The van der Waals surface area contributed by atoms with E-state index in [0.717, 1.165) is 32.1 Å². The molecule has 1 unspecified atom stereocenters. The molecule has 1 aromatic heterocycles. The highest BCUT2D eigenvalue weighted by Crippen LogP contribution is 2.34. The van der Waals surface area contributed by atoms with Gasteiger partial charge in [0, 0.05) is 31.6 Å². The molecule has 0 saturated heterocycles. The van der Waals surface area contributed by atoms with Crippen LogP contribution in [0.4, 0.5) is 0 Å². The van der Waals surface area contributed by atoms with E-state index >= 15 is 0 Å². The SMILES string of the molecule is COc1ccc(CN(C)C(=O)C(C)(Cc2nc3ccccc3s2)c2ccccc2)c(OC)c1. The van der Waals surface area contributed by atoms with E-state index in [1.807, 2.05) is 80.7 Å². The number of fused-ring (bicyclic) bond motifs is 1. The van der Waals surface area contributed by atoms with Gasteiger partial charge in [0.2, 0.25) is 5.91 Å². The van der Waals surface area contributed by atoms with Gasteiger partial charge in [0.25, 0.3) is 0 Å². The summed E-state index contributed by atoms with van der Waals surface area (Å²) in [6, 6.07) is 23.7. The van der Waals surface area contributed by atoms with Gasteiger partial charge in [-0.05, 0) is 36.8 Å². The molecule has 0 aliphatic heterocycles. The summed E-state index contributed by atoms with van der Waals surface area (Å²) in [5, 5.41) is 0.950. The fourth-order valence-electron chi connectivity index (χ4n) is 4.14. The summed E-state index contributed by atoms with van der Waals surface area (Å²) in [6.45, 7) is 2.44. The van der Waals surface area contributed by atoms with Crippen molar-refractivity contribution in [1.29, 1.82) is 0 Å². The van der Waals surface area contributed by atoms with Gasteiger partial charge in [-0.2, -0.15) is 0 Å². The number of likely N-dealkylation sites (N-methyl/N-ethyl adjacent to an activating group) is 1. The molecule has 6 heteroatoms. The van der Waals surface area contributed by atoms with Gasteiger partial charge in [0.1, 0.15) is 11.5 Å². The average Bonchev–Trinajstić information content (AvgIpc) is 3.26. The molecule has 3 aromatic carbocycles. The molecule has 0 bridgehead atoms. The number of amides is 1. The van der Waals surface area contributed by atoms with Crippen LogP contribution in [-0.4, -0.2) is 37.1 Å². The normalized spacial score (nSPS) is 12.8. The van der Waals surface area contributed by atoms with Crippen molar-refractivity contribution in [3.8, 4) is 11.5 Å². The number of nitrogens with zero attached hydrogens (tertiary/aromatic N) is 2. The number of thiazole rings is 1. The van der Waals surface area contributed by atoms with Gasteiger partial charge in [-0.15, -0.1) is 11.3 Å². The van der Waals surface area contributed by atoms with Gasteiger partial charge < -0.3 is 14.4 Å². The summed E-state index contributed by atoms with van der Waals surface area (Å²) in [7, 11) is 5.09. The van der Waals surface area contributed by atoms with Crippen molar-refractivity contribution in [3.05, 3.63) is 88.9 Å². The topological polar surface area (TPSA) is 51.7 Å². The quantitative estimate of drug-likeness (QED) is 0.350. The zero-order valence-electron chi connectivity index (χ0n) is 19.4. The molecule has 0 aliphatic carbocycles. The maximum Gasteiger partial charge on any atom is 0.233 e. The molecular formula is C27H28N2O3S. The van der Waals surface area contributed by atoms with Crippen LogP contribution in [0.5, 0.6) is 11.5 Å². The molecule has 1 amide bonds. The van der Waals surface area contributed by atoms with Gasteiger partial charge >= 0.3 is 0 Å². The zero-order chi connectivity index (χ0) is 23.4. The fraction of sp³-hybridized carbons (Fsp3) is 0.259. The highest BCUT2D eigenvalue weighted by atomic mass is 32.1. The summed E-state index contributed by atoms with van der Waals surface area (Å²) in [4.78, 5) is 20.5. The molecule has 1 heterocycles. The van der Waals surface area contributed by atoms with E-state index in [1.165, 1.54) is 0 Å². The van der Waals surface area contributed by atoms with E-state index in [1.54, 1.807) is 30.5 Å². The van der Waals surface area contributed by atoms with E-state index in [0.29, 0.717) is 18.7 Å². The number of benzene rings is 3.